The number of halogens is 1. The summed E-state index contributed by atoms with van der Waals surface area (Å²) in [5, 5.41) is 4.41. The number of carbonyl (C=O) groups is 1. The molecule has 0 saturated heterocycles. The third-order valence-corrected chi connectivity index (χ3v) is 3.97. The van der Waals surface area contributed by atoms with Crippen LogP contribution in [0.4, 0.5) is 4.39 Å². The van der Waals surface area contributed by atoms with Crippen LogP contribution in [0.5, 0.6) is 0 Å². The van der Waals surface area contributed by atoms with Gasteiger partial charge in [-0.25, -0.2) is 9.37 Å². The number of carbonyl (C=O) groups excluding carboxylic acids is 1. The average molecular weight is 317 g/mol. The van der Waals surface area contributed by atoms with Crippen molar-refractivity contribution >= 4 is 22.2 Å². The number of rotatable bonds is 4. The van der Waals surface area contributed by atoms with E-state index in [2.05, 4.69) is 10.3 Å². The van der Waals surface area contributed by atoms with E-state index in [1.54, 1.807) is 23.7 Å². The lowest BCUT2D eigenvalue weighted by atomic mass is 10.1. The van der Waals surface area contributed by atoms with Gasteiger partial charge >= 0.3 is 0 Å². The number of nitrogens with zero attached hydrogens (tertiary/aromatic N) is 2. The molecule has 0 aliphatic heterocycles. The van der Waals surface area contributed by atoms with Gasteiger partial charge in [-0.3, -0.25) is 14.0 Å². The molecule has 7 heteroatoms. The minimum atomic E-state index is -0.458. The lowest BCUT2D eigenvalue weighted by molar-refractivity contribution is 0.0952. The number of hydrogen-bond acceptors (Lipinski definition) is 4. The van der Waals surface area contributed by atoms with Crippen LogP contribution in [0.25, 0.3) is 4.96 Å². The van der Waals surface area contributed by atoms with Gasteiger partial charge in [0.2, 0.25) is 0 Å². The van der Waals surface area contributed by atoms with E-state index in [0.29, 0.717) is 17.9 Å². The van der Waals surface area contributed by atoms with E-state index in [0.717, 1.165) is 5.56 Å². The maximum atomic E-state index is 12.8. The van der Waals surface area contributed by atoms with Crippen molar-refractivity contribution in [3.05, 3.63) is 69.3 Å². The zero-order chi connectivity index (χ0) is 15.5. The van der Waals surface area contributed by atoms with Crippen molar-refractivity contribution in [2.75, 3.05) is 6.54 Å². The van der Waals surface area contributed by atoms with Crippen LogP contribution in [-0.4, -0.2) is 21.8 Å². The van der Waals surface area contributed by atoms with Crippen molar-refractivity contribution in [3.63, 3.8) is 0 Å². The van der Waals surface area contributed by atoms with Crippen LogP contribution >= 0.6 is 11.3 Å². The van der Waals surface area contributed by atoms with Crippen LogP contribution < -0.4 is 10.9 Å². The number of fused-ring (bicyclic) bond motifs is 1. The van der Waals surface area contributed by atoms with Gasteiger partial charge in [-0.2, -0.15) is 0 Å². The van der Waals surface area contributed by atoms with E-state index in [1.165, 1.54) is 34.1 Å². The van der Waals surface area contributed by atoms with Gasteiger partial charge in [-0.15, -0.1) is 11.3 Å². The Morgan fingerprint density at radius 3 is 2.86 bits per heavy atom. The summed E-state index contributed by atoms with van der Waals surface area (Å²) in [7, 11) is 0. The number of hydrogen-bond donors (Lipinski definition) is 1. The first-order valence-electron chi connectivity index (χ1n) is 6.62. The topological polar surface area (TPSA) is 63.5 Å². The smallest absolute Gasteiger partial charge is 0.271 e. The maximum absolute atomic E-state index is 12.8. The fourth-order valence-corrected chi connectivity index (χ4v) is 2.72. The Balaban J connectivity index is 1.67. The minimum absolute atomic E-state index is 0.00926. The fourth-order valence-electron chi connectivity index (χ4n) is 2.05. The Bertz CT molecular complexity index is 870. The van der Waals surface area contributed by atoms with Gasteiger partial charge in [0.15, 0.2) is 4.96 Å². The van der Waals surface area contributed by atoms with Crippen LogP contribution in [0.3, 0.4) is 0 Å². The predicted octanol–water partition coefficient (Wildman–Crippen LogP) is 1.87. The molecule has 2 aromatic heterocycles. The second-order valence-electron chi connectivity index (χ2n) is 4.66. The molecule has 0 aliphatic rings. The van der Waals surface area contributed by atoms with Gasteiger partial charge in [0.25, 0.3) is 11.5 Å². The van der Waals surface area contributed by atoms with Gasteiger partial charge < -0.3 is 5.32 Å². The van der Waals surface area contributed by atoms with Crippen molar-refractivity contribution in [2.24, 2.45) is 0 Å². The number of thiazole rings is 1. The minimum Gasteiger partial charge on any atom is -0.351 e. The first kappa shape index (κ1) is 14.4. The summed E-state index contributed by atoms with van der Waals surface area (Å²) in [6.45, 7) is 0.357. The van der Waals surface area contributed by atoms with Crippen LogP contribution in [0.1, 0.15) is 15.9 Å². The fraction of sp³-hybridized carbons (Fsp3) is 0.133. The van der Waals surface area contributed by atoms with Crippen LogP contribution in [0, 0.1) is 5.82 Å². The molecule has 1 N–H and O–H groups in total. The van der Waals surface area contributed by atoms with Crippen molar-refractivity contribution in [1.82, 2.24) is 14.7 Å². The standard InChI is InChI=1S/C15H12FN3O2S/c16-11-3-1-10(2-4-11)5-6-17-13(20)12-9-18-15-19(14(12)21)7-8-22-15/h1-4,7-9H,5-6H2,(H,17,20). The largest absolute Gasteiger partial charge is 0.351 e. The van der Waals surface area contributed by atoms with Crippen molar-refractivity contribution < 1.29 is 9.18 Å². The lowest BCUT2D eigenvalue weighted by Gasteiger charge is -2.05. The lowest BCUT2D eigenvalue weighted by Crippen LogP contribution is -2.32. The molecule has 0 unspecified atom stereocenters. The highest BCUT2D eigenvalue weighted by molar-refractivity contribution is 7.15. The maximum Gasteiger partial charge on any atom is 0.271 e. The average Bonchev–Trinajstić information content (AvgIpc) is 2.99. The summed E-state index contributed by atoms with van der Waals surface area (Å²) in [4.78, 5) is 28.8. The molecular weight excluding hydrogens is 305 g/mol. The molecule has 0 aliphatic carbocycles. The van der Waals surface area contributed by atoms with Crippen molar-refractivity contribution in [1.29, 1.82) is 0 Å². The molecule has 112 valence electrons. The van der Waals surface area contributed by atoms with E-state index in [9.17, 15) is 14.0 Å². The number of benzene rings is 1. The highest BCUT2D eigenvalue weighted by Crippen LogP contribution is 2.06. The first-order valence-corrected chi connectivity index (χ1v) is 7.50. The molecule has 3 rings (SSSR count). The molecule has 0 radical (unpaired) electrons. The molecule has 0 fully saturated rings. The molecule has 0 spiro atoms. The molecule has 22 heavy (non-hydrogen) atoms. The van der Waals surface area contributed by atoms with Crippen LogP contribution in [-0.2, 0) is 6.42 Å². The van der Waals surface area contributed by atoms with Gasteiger partial charge in [-0.1, -0.05) is 12.1 Å². The zero-order valence-electron chi connectivity index (χ0n) is 11.5. The third kappa shape index (κ3) is 2.89. The van der Waals surface area contributed by atoms with E-state index < -0.39 is 5.91 Å². The van der Waals surface area contributed by atoms with Crippen LogP contribution in [0.15, 0.2) is 46.8 Å². The molecule has 1 amide bonds. The summed E-state index contributed by atoms with van der Waals surface area (Å²) >= 11 is 1.33. The molecule has 0 saturated carbocycles. The van der Waals surface area contributed by atoms with E-state index in [1.807, 2.05) is 0 Å². The highest BCUT2D eigenvalue weighted by Gasteiger charge is 2.13. The molecule has 2 heterocycles. The summed E-state index contributed by atoms with van der Waals surface area (Å²) in [5.74, 6) is -0.754. The van der Waals surface area contributed by atoms with E-state index in [-0.39, 0.29) is 16.9 Å². The zero-order valence-corrected chi connectivity index (χ0v) is 12.3. The molecule has 5 nitrogen and oxygen atoms in total. The Hall–Kier alpha value is -2.54. The van der Waals surface area contributed by atoms with E-state index >= 15 is 0 Å². The van der Waals surface area contributed by atoms with Gasteiger partial charge in [0, 0.05) is 24.3 Å². The Morgan fingerprint density at radius 1 is 1.32 bits per heavy atom. The second kappa shape index (κ2) is 6.07. The number of amides is 1. The molecule has 1 aromatic carbocycles. The van der Waals surface area contributed by atoms with Gasteiger partial charge in [-0.05, 0) is 24.1 Å². The molecule has 3 aromatic rings. The molecule has 0 bridgehead atoms. The Labute approximate surface area is 129 Å². The highest BCUT2D eigenvalue weighted by atomic mass is 32.1. The predicted molar refractivity (Wildman–Crippen MR) is 81.8 cm³/mol. The van der Waals surface area contributed by atoms with Gasteiger partial charge in [0.1, 0.15) is 11.4 Å². The summed E-state index contributed by atoms with van der Waals surface area (Å²) in [6, 6.07) is 6.07. The molecule has 0 atom stereocenters. The van der Waals surface area contributed by atoms with Gasteiger partial charge in [0.05, 0.1) is 0 Å². The van der Waals surface area contributed by atoms with Crippen molar-refractivity contribution in [3.8, 4) is 0 Å². The monoisotopic (exact) mass is 317 g/mol. The number of nitrogens with one attached hydrogen (secondary N) is 1. The molecular formula is C15H12FN3O2S. The SMILES string of the molecule is O=C(NCCc1ccc(F)cc1)c1cnc2sccn2c1=O. The second-order valence-corrected chi connectivity index (χ2v) is 5.54. The third-order valence-electron chi connectivity index (χ3n) is 3.20. The summed E-state index contributed by atoms with van der Waals surface area (Å²) < 4.78 is 14.1. The van der Waals surface area contributed by atoms with Crippen LogP contribution in [0.2, 0.25) is 0 Å². The summed E-state index contributed by atoms with van der Waals surface area (Å²) in [6.07, 6.45) is 3.44. The quantitative estimate of drug-likeness (QED) is 0.799. The van der Waals surface area contributed by atoms with Crippen molar-refractivity contribution in [2.45, 2.75) is 6.42 Å². The number of aromatic nitrogens is 2. The first-order chi connectivity index (χ1) is 10.6. The normalized spacial score (nSPS) is 10.8. The summed E-state index contributed by atoms with van der Waals surface area (Å²) in [5.41, 5.74) is 0.533. The van der Waals surface area contributed by atoms with E-state index in [4.69, 9.17) is 0 Å². The Morgan fingerprint density at radius 2 is 2.09 bits per heavy atom. The Kier molecular flexibility index (Phi) is 3.97.